The standard InChI is InChI=1S/C8H15NO2.C6H13NO.I2.3HI.V/c1-6(9-8(3)11)4-5-7(2)10;1-5(7)3-4-6(2)8;1-2;;;;/h6H,4-5H2,1-3H3,(H,9,11);5H,3-4,7H2,1-2H3;;3*1H;/q;;;;;;+3/p-2. The van der Waals surface area contributed by atoms with Gasteiger partial charge in [0.25, 0.3) is 0 Å². The number of rotatable bonds is 7. The fourth-order valence-electron chi connectivity index (χ4n) is 1.27. The van der Waals surface area contributed by atoms with Crippen LogP contribution in [0.2, 0.25) is 0 Å². The molecule has 5 nitrogen and oxygen atoms in total. The van der Waals surface area contributed by atoms with Crippen molar-refractivity contribution < 1.29 is 20.7 Å². The summed E-state index contributed by atoms with van der Waals surface area (Å²) in [5.41, 5.74) is 5.39. The van der Waals surface area contributed by atoms with Gasteiger partial charge in [-0.25, -0.2) is 0 Å². The Bertz CT molecular complexity index is 352. The second kappa shape index (κ2) is 27.0. The number of hydrogen-bond acceptors (Lipinski definition) is 4. The molecule has 0 rings (SSSR count). The quantitative estimate of drug-likeness (QED) is 0.302. The molecule has 1 amide bonds. The van der Waals surface area contributed by atoms with Crippen LogP contribution in [0, 0.1) is 0 Å². The molecule has 152 valence electrons. The first-order valence-corrected chi connectivity index (χ1v) is 27.1. The van der Waals surface area contributed by atoms with Crippen molar-refractivity contribution in [1.82, 2.24) is 5.32 Å². The van der Waals surface area contributed by atoms with Gasteiger partial charge in [0.1, 0.15) is 11.6 Å². The summed E-state index contributed by atoms with van der Waals surface area (Å²) < 4.78 is 0. The monoisotopic (exact) mass is 959 g/mol. The van der Waals surface area contributed by atoms with Crippen LogP contribution in [-0.2, 0) is 19.3 Å². The first-order chi connectivity index (χ1) is 11.4. The average molecular weight is 959 g/mol. The molecule has 0 spiro atoms. The summed E-state index contributed by atoms with van der Waals surface area (Å²) in [5.74, 6) is 0.352. The zero-order chi connectivity index (χ0) is 21.0. The Hall–Kier alpha value is 3.00. The third kappa shape index (κ3) is 58.4. The van der Waals surface area contributed by atoms with E-state index in [1.165, 1.54) is 6.92 Å². The molecule has 0 aliphatic carbocycles. The summed E-state index contributed by atoms with van der Waals surface area (Å²) in [6, 6.07) is 0.273. The Labute approximate surface area is 215 Å². The Morgan fingerprint density at radius 3 is 1.48 bits per heavy atom. The van der Waals surface area contributed by atoms with Gasteiger partial charge in [-0.15, -0.1) is 0 Å². The molecule has 0 aromatic heterocycles. The molecule has 0 radical (unpaired) electrons. The van der Waals surface area contributed by atoms with E-state index in [0.29, 0.717) is 12.8 Å². The van der Waals surface area contributed by atoms with Crippen LogP contribution in [0.5, 0.6) is 0 Å². The van der Waals surface area contributed by atoms with Crippen LogP contribution in [0.4, 0.5) is 0 Å². The van der Waals surface area contributed by atoms with Crippen LogP contribution in [0.15, 0.2) is 0 Å². The molecule has 0 fully saturated rings. The fourth-order valence-corrected chi connectivity index (χ4v) is 1.27. The summed E-state index contributed by atoms with van der Waals surface area (Å²) in [4.78, 5) is 31.0. The van der Waals surface area contributed by atoms with Crippen molar-refractivity contribution in [1.29, 1.82) is 0 Å². The number of Topliss-reactive ketones (excluding diaryl/α,β-unsaturated/α-hetero) is 2. The molecule has 0 saturated carbocycles. The number of amides is 1. The van der Waals surface area contributed by atoms with Gasteiger partial charge < -0.3 is 20.6 Å². The van der Waals surface area contributed by atoms with Gasteiger partial charge in [0.15, 0.2) is 0 Å². The third-order valence-corrected chi connectivity index (χ3v) is 2.33. The Balaban J connectivity index is -0.0000000864. The first kappa shape index (κ1) is 35.4. The summed E-state index contributed by atoms with van der Waals surface area (Å²) in [7, 11) is 0. The van der Waals surface area contributed by atoms with Crippen LogP contribution in [0.25, 0.3) is 0 Å². The molecule has 0 heterocycles. The van der Waals surface area contributed by atoms with E-state index in [9.17, 15) is 14.4 Å². The summed E-state index contributed by atoms with van der Waals surface area (Å²) in [6.45, 7) is 8.42. The van der Waals surface area contributed by atoms with Crippen molar-refractivity contribution in [2.24, 2.45) is 5.73 Å². The fraction of sp³-hybridized carbons (Fsp3) is 0.786. The van der Waals surface area contributed by atoms with Crippen molar-refractivity contribution in [2.45, 2.75) is 72.4 Å². The van der Waals surface area contributed by atoms with E-state index >= 15 is 0 Å². The second-order valence-electron chi connectivity index (χ2n) is 5.25. The van der Waals surface area contributed by atoms with Gasteiger partial charge in [-0.1, -0.05) is 0 Å². The maximum atomic E-state index is 10.5. The van der Waals surface area contributed by atoms with E-state index in [0.717, 1.165) is 12.8 Å². The van der Waals surface area contributed by atoms with Gasteiger partial charge in [0, 0.05) is 69.1 Å². The van der Waals surface area contributed by atoms with Gasteiger partial charge in [0.05, 0.1) is 0 Å². The van der Waals surface area contributed by atoms with Crippen LogP contribution in [0.3, 0.4) is 0 Å². The number of carbonyl (C=O) groups excluding carboxylic acids is 3. The number of ketones is 2. The predicted octanol–water partition coefficient (Wildman–Crippen LogP) is 6.12. The molecule has 0 aromatic carbocycles. The van der Waals surface area contributed by atoms with Gasteiger partial charge in [-0.3, -0.25) is 4.79 Å². The number of carbonyl (C=O) groups is 3. The van der Waals surface area contributed by atoms with Crippen LogP contribution in [0.1, 0.15) is 61.7 Å². The Morgan fingerprint density at radius 1 is 0.960 bits per heavy atom. The molecule has 3 N–H and O–H groups in total. The van der Waals surface area contributed by atoms with Crippen LogP contribution < -0.4 is 11.1 Å². The number of halogens is 5. The molecular formula is C14H29I5N2O3V+. The normalized spacial score (nSPS) is 11.4. The zero-order valence-corrected chi connectivity index (χ0v) is 27.3. The van der Waals surface area contributed by atoms with E-state index in [1.807, 2.05) is 13.8 Å². The zero-order valence-electron chi connectivity index (χ0n) is 16.1. The molecule has 25 heavy (non-hydrogen) atoms. The average Bonchev–Trinajstić information content (AvgIpc) is 2.44. The van der Waals surface area contributed by atoms with Crippen LogP contribution in [-0.4, -0.2) is 29.6 Å². The molecule has 11 heteroatoms. The van der Waals surface area contributed by atoms with Gasteiger partial charge in [-0.05, 0) is 40.5 Å². The number of hydrogen-bond donors (Lipinski definition) is 2. The Morgan fingerprint density at radius 2 is 1.28 bits per heavy atom. The molecule has 0 aliphatic heterocycles. The molecule has 0 aromatic rings. The third-order valence-electron chi connectivity index (χ3n) is 2.33. The topological polar surface area (TPSA) is 89.3 Å². The van der Waals surface area contributed by atoms with E-state index in [2.05, 4.69) is 102 Å². The van der Waals surface area contributed by atoms with Crippen molar-refractivity contribution in [2.75, 3.05) is 0 Å². The number of nitrogens with one attached hydrogen (secondary N) is 1. The van der Waals surface area contributed by atoms with E-state index in [4.69, 9.17) is 5.73 Å². The summed E-state index contributed by atoms with van der Waals surface area (Å²) in [6.07, 6.45) is 2.71. The Kier molecular flexibility index (Phi) is 38.3. The van der Waals surface area contributed by atoms with Crippen molar-refractivity contribution >= 4 is 115 Å². The molecular weight excluding hydrogens is 930 g/mol. The van der Waals surface area contributed by atoms with Crippen molar-refractivity contribution in [3.8, 4) is 0 Å². The van der Waals surface area contributed by atoms with Gasteiger partial charge >= 0.3 is 66.3 Å². The first-order valence-electron chi connectivity index (χ1n) is 7.31. The van der Waals surface area contributed by atoms with Crippen molar-refractivity contribution in [3.05, 3.63) is 0 Å². The minimum atomic E-state index is -0.278. The van der Waals surface area contributed by atoms with E-state index < -0.39 is 0 Å². The second-order valence-corrected chi connectivity index (χ2v) is 40.6. The molecule has 0 aliphatic rings. The molecule has 0 saturated heterocycles. The minimum absolute atomic E-state index is 0. The van der Waals surface area contributed by atoms with E-state index in [-0.39, 0.29) is 35.9 Å². The van der Waals surface area contributed by atoms with Gasteiger partial charge in [0.2, 0.25) is 5.91 Å². The summed E-state index contributed by atoms with van der Waals surface area (Å²) >= 11 is 11.6. The van der Waals surface area contributed by atoms with Crippen molar-refractivity contribution in [3.63, 3.8) is 0 Å². The molecule has 2 unspecified atom stereocenters. The summed E-state index contributed by atoms with van der Waals surface area (Å²) in [5, 5.41) is 2.71. The van der Waals surface area contributed by atoms with Gasteiger partial charge in [-0.2, -0.15) is 0 Å². The van der Waals surface area contributed by atoms with Crippen LogP contribution >= 0.6 is 97.2 Å². The maximum absolute atomic E-state index is 10.5. The number of nitrogens with two attached hydrogens (primary N) is 1. The predicted molar refractivity (Wildman–Crippen MR) is 148 cm³/mol. The van der Waals surface area contributed by atoms with E-state index in [1.54, 1.807) is 13.8 Å². The molecule has 2 atom stereocenters. The molecule has 0 bridgehead atoms. The SMILES string of the molecule is CC(=O)CCC(C)N.CC(=O)CCC(C)NC(C)=O.II.[H+].[I][V]([I])[I].